The number of benzene rings is 1. The molecule has 8 heteroatoms. The van der Waals surface area contributed by atoms with Crippen LogP contribution in [0.3, 0.4) is 0 Å². The van der Waals surface area contributed by atoms with Crippen LogP contribution >= 0.6 is 11.3 Å². The SMILES string of the molecule is COc1ccc(NC(=O)NCc2ccc(C(=O)c3ccco3)s2)c(OC)c1. The molecule has 3 rings (SSSR count). The summed E-state index contributed by atoms with van der Waals surface area (Å²) in [4.78, 5) is 25.8. The zero-order valence-corrected chi connectivity index (χ0v) is 15.6. The molecule has 1 aromatic carbocycles. The molecule has 2 heterocycles. The highest BCUT2D eigenvalue weighted by Gasteiger charge is 2.15. The first-order valence-corrected chi connectivity index (χ1v) is 8.86. The van der Waals surface area contributed by atoms with Gasteiger partial charge < -0.3 is 24.5 Å². The van der Waals surface area contributed by atoms with Gasteiger partial charge in [0.15, 0.2) is 5.76 Å². The number of amides is 2. The second kappa shape index (κ2) is 8.41. The number of hydrogen-bond donors (Lipinski definition) is 2. The third-order valence-electron chi connectivity index (χ3n) is 3.71. The van der Waals surface area contributed by atoms with Crippen LogP contribution in [0, 0.1) is 0 Å². The predicted octanol–water partition coefficient (Wildman–Crippen LogP) is 3.91. The van der Waals surface area contributed by atoms with Gasteiger partial charge >= 0.3 is 6.03 Å². The topological polar surface area (TPSA) is 89.8 Å². The molecule has 7 nitrogen and oxygen atoms in total. The van der Waals surface area contributed by atoms with Crippen LogP contribution in [-0.2, 0) is 6.54 Å². The summed E-state index contributed by atoms with van der Waals surface area (Å²) in [5.41, 5.74) is 0.524. The highest BCUT2D eigenvalue weighted by Crippen LogP contribution is 2.29. The Morgan fingerprint density at radius 1 is 1.11 bits per heavy atom. The van der Waals surface area contributed by atoms with E-state index in [9.17, 15) is 9.59 Å². The van der Waals surface area contributed by atoms with Gasteiger partial charge in [0.05, 0.1) is 37.6 Å². The molecular weight excluding hydrogens is 368 g/mol. The largest absolute Gasteiger partial charge is 0.497 e. The summed E-state index contributed by atoms with van der Waals surface area (Å²) in [5, 5.41) is 5.48. The molecule has 0 saturated heterocycles. The van der Waals surface area contributed by atoms with Gasteiger partial charge in [0.25, 0.3) is 0 Å². The summed E-state index contributed by atoms with van der Waals surface area (Å²) < 4.78 is 15.5. The minimum absolute atomic E-state index is 0.177. The van der Waals surface area contributed by atoms with Crippen molar-refractivity contribution in [2.75, 3.05) is 19.5 Å². The Labute approximate surface area is 159 Å². The Morgan fingerprint density at radius 3 is 2.67 bits per heavy atom. The quantitative estimate of drug-likeness (QED) is 0.601. The molecule has 3 aromatic rings. The van der Waals surface area contributed by atoms with Crippen LogP contribution in [-0.4, -0.2) is 26.0 Å². The summed E-state index contributed by atoms with van der Waals surface area (Å²) in [6.07, 6.45) is 1.46. The Kier molecular flexibility index (Phi) is 5.77. The molecule has 27 heavy (non-hydrogen) atoms. The van der Waals surface area contributed by atoms with Gasteiger partial charge in [-0.3, -0.25) is 4.79 Å². The van der Waals surface area contributed by atoms with Gasteiger partial charge in [-0.05, 0) is 36.4 Å². The maximum absolute atomic E-state index is 12.2. The van der Waals surface area contributed by atoms with Crippen molar-refractivity contribution in [3.63, 3.8) is 0 Å². The van der Waals surface area contributed by atoms with E-state index in [4.69, 9.17) is 13.9 Å². The number of methoxy groups -OCH3 is 2. The smallest absolute Gasteiger partial charge is 0.319 e. The zero-order chi connectivity index (χ0) is 19.2. The molecule has 0 fully saturated rings. The molecule has 0 aliphatic carbocycles. The summed E-state index contributed by atoms with van der Waals surface area (Å²) in [7, 11) is 3.07. The molecule has 0 unspecified atom stereocenters. The van der Waals surface area contributed by atoms with E-state index in [0.717, 1.165) is 4.88 Å². The molecule has 0 bridgehead atoms. The van der Waals surface area contributed by atoms with Crippen molar-refractivity contribution in [1.29, 1.82) is 0 Å². The molecule has 0 radical (unpaired) electrons. The zero-order valence-electron chi connectivity index (χ0n) is 14.8. The molecule has 0 saturated carbocycles. The van der Waals surface area contributed by atoms with Crippen molar-refractivity contribution in [1.82, 2.24) is 5.32 Å². The van der Waals surface area contributed by atoms with Crippen LogP contribution in [0.2, 0.25) is 0 Å². The molecule has 0 aliphatic heterocycles. The maximum atomic E-state index is 12.2. The number of carbonyl (C=O) groups excluding carboxylic acids is 2. The van der Waals surface area contributed by atoms with Crippen LogP contribution in [0.4, 0.5) is 10.5 Å². The number of furan rings is 1. The lowest BCUT2D eigenvalue weighted by Gasteiger charge is -2.12. The molecule has 2 amide bonds. The third-order valence-corrected chi connectivity index (χ3v) is 4.79. The average Bonchev–Trinajstić information content (AvgIpc) is 3.38. The molecule has 0 spiro atoms. The number of carbonyl (C=O) groups is 2. The highest BCUT2D eigenvalue weighted by molar-refractivity contribution is 7.14. The first-order chi connectivity index (χ1) is 13.1. The Bertz CT molecular complexity index is 933. The van der Waals surface area contributed by atoms with E-state index in [-0.39, 0.29) is 11.8 Å². The minimum atomic E-state index is -0.384. The van der Waals surface area contributed by atoms with Gasteiger partial charge in [0.2, 0.25) is 5.78 Å². The summed E-state index contributed by atoms with van der Waals surface area (Å²) in [6.45, 7) is 0.292. The number of hydrogen-bond acceptors (Lipinski definition) is 6. The van der Waals surface area contributed by atoms with E-state index in [2.05, 4.69) is 10.6 Å². The van der Waals surface area contributed by atoms with Crippen LogP contribution in [0.25, 0.3) is 0 Å². The second-order valence-electron chi connectivity index (χ2n) is 5.45. The summed E-state index contributed by atoms with van der Waals surface area (Å²) in [6, 6.07) is 11.5. The summed E-state index contributed by atoms with van der Waals surface area (Å²) in [5.74, 6) is 1.24. The average molecular weight is 386 g/mol. The van der Waals surface area contributed by atoms with Crippen molar-refractivity contribution in [3.8, 4) is 11.5 Å². The van der Waals surface area contributed by atoms with Crippen LogP contribution in [0.15, 0.2) is 53.1 Å². The first-order valence-electron chi connectivity index (χ1n) is 8.04. The fourth-order valence-electron chi connectivity index (χ4n) is 2.36. The third kappa shape index (κ3) is 4.48. The maximum Gasteiger partial charge on any atom is 0.319 e. The van der Waals surface area contributed by atoms with Gasteiger partial charge in [0, 0.05) is 10.9 Å². The normalized spacial score (nSPS) is 10.3. The van der Waals surface area contributed by atoms with E-state index in [1.54, 1.807) is 49.6 Å². The van der Waals surface area contributed by atoms with Crippen molar-refractivity contribution < 1.29 is 23.5 Å². The van der Waals surface area contributed by atoms with Crippen molar-refractivity contribution in [2.45, 2.75) is 6.54 Å². The van der Waals surface area contributed by atoms with Crippen molar-refractivity contribution >= 4 is 28.8 Å². The Balaban J connectivity index is 1.58. The second-order valence-corrected chi connectivity index (χ2v) is 6.61. The van der Waals surface area contributed by atoms with Crippen LogP contribution in [0.1, 0.15) is 20.3 Å². The number of urea groups is 1. The molecule has 140 valence electrons. The number of rotatable bonds is 7. The van der Waals surface area contributed by atoms with E-state index < -0.39 is 0 Å². The lowest BCUT2D eigenvalue weighted by Crippen LogP contribution is -2.28. The Hall–Kier alpha value is -3.26. The monoisotopic (exact) mass is 386 g/mol. The number of ether oxygens (including phenoxy) is 2. The van der Waals surface area contributed by atoms with Gasteiger partial charge in [0.1, 0.15) is 11.5 Å². The fourth-order valence-corrected chi connectivity index (χ4v) is 3.25. The standard InChI is InChI=1S/C19H18N2O5S/c1-24-12-5-7-14(16(10-12)25-2)21-19(23)20-11-13-6-8-17(27-13)18(22)15-4-3-9-26-15/h3-10H,11H2,1-2H3,(H2,20,21,23). The molecule has 0 aliphatic rings. The molecule has 2 N–H and O–H groups in total. The number of thiophene rings is 1. The lowest BCUT2D eigenvalue weighted by molar-refractivity contribution is 0.101. The van der Waals surface area contributed by atoms with Gasteiger partial charge in [-0.1, -0.05) is 0 Å². The van der Waals surface area contributed by atoms with Crippen LogP contribution < -0.4 is 20.1 Å². The van der Waals surface area contributed by atoms with E-state index in [1.807, 2.05) is 0 Å². The predicted molar refractivity (Wildman–Crippen MR) is 102 cm³/mol. The molecular formula is C19H18N2O5S. The molecule has 0 atom stereocenters. The van der Waals surface area contributed by atoms with Gasteiger partial charge in [-0.2, -0.15) is 0 Å². The first kappa shape index (κ1) is 18.5. The Morgan fingerprint density at radius 2 is 1.96 bits per heavy atom. The summed E-state index contributed by atoms with van der Waals surface area (Å²) >= 11 is 1.31. The number of nitrogens with one attached hydrogen (secondary N) is 2. The van der Waals surface area contributed by atoms with Crippen molar-refractivity contribution in [2.24, 2.45) is 0 Å². The lowest BCUT2D eigenvalue weighted by atomic mass is 10.2. The van der Waals surface area contributed by atoms with E-state index >= 15 is 0 Å². The van der Waals surface area contributed by atoms with Crippen molar-refractivity contribution in [3.05, 3.63) is 64.2 Å². The fraction of sp³-hybridized carbons (Fsp3) is 0.158. The molecule has 2 aromatic heterocycles. The highest BCUT2D eigenvalue weighted by atomic mass is 32.1. The number of ketones is 1. The van der Waals surface area contributed by atoms with Gasteiger partial charge in [-0.15, -0.1) is 11.3 Å². The van der Waals surface area contributed by atoms with E-state index in [0.29, 0.717) is 34.4 Å². The minimum Gasteiger partial charge on any atom is -0.497 e. The van der Waals surface area contributed by atoms with E-state index in [1.165, 1.54) is 24.7 Å². The number of anilines is 1. The van der Waals surface area contributed by atoms with Gasteiger partial charge in [-0.25, -0.2) is 4.79 Å². The van der Waals surface area contributed by atoms with Crippen LogP contribution in [0.5, 0.6) is 11.5 Å².